The van der Waals surface area contributed by atoms with Gasteiger partial charge in [-0.05, 0) is 38.3 Å². The molecule has 0 spiro atoms. The van der Waals surface area contributed by atoms with E-state index >= 15 is 4.39 Å². The minimum atomic E-state index is -1.28. The van der Waals surface area contributed by atoms with E-state index in [0.717, 1.165) is 31.6 Å². The van der Waals surface area contributed by atoms with Crippen molar-refractivity contribution in [3.63, 3.8) is 0 Å². The summed E-state index contributed by atoms with van der Waals surface area (Å²) in [5, 5.41) is 13.0. The van der Waals surface area contributed by atoms with E-state index in [2.05, 4.69) is 24.1 Å². The Kier molecular flexibility index (Phi) is 5.92. The third kappa shape index (κ3) is 3.62. The minimum Gasteiger partial charge on any atom is -0.477 e. The number of carboxylic acids is 1. The van der Waals surface area contributed by atoms with Crippen LogP contribution in [0.5, 0.6) is 0 Å². The number of nitrogens with zero attached hydrogens (tertiary/aromatic N) is 2. The molecule has 6 nitrogen and oxygen atoms in total. The summed E-state index contributed by atoms with van der Waals surface area (Å²) < 4.78 is 17.0. The molecule has 0 aliphatic carbocycles. The summed E-state index contributed by atoms with van der Waals surface area (Å²) in [6, 6.07) is 1.64. The summed E-state index contributed by atoms with van der Waals surface area (Å²) in [7, 11) is 0. The quantitative estimate of drug-likeness (QED) is 0.772. The first kappa shape index (κ1) is 21.6. The maximum Gasteiger partial charge on any atom is 0.341 e. The van der Waals surface area contributed by atoms with Crippen LogP contribution in [-0.4, -0.2) is 41.3 Å². The van der Waals surface area contributed by atoms with Crippen LogP contribution in [0.3, 0.4) is 0 Å². The summed E-state index contributed by atoms with van der Waals surface area (Å²) in [4.78, 5) is 26.1. The zero-order chi connectivity index (χ0) is 20.2. The number of aromatic carboxylic acids is 1. The van der Waals surface area contributed by atoms with Gasteiger partial charge in [-0.3, -0.25) is 4.79 Å². The van der Waals surface area contributed by atoms with Gasteiger partial charge in [0.15, 0.2) is 0 Å². The Hall–Kier alpha value is -2.12. The maximum atomic E-state index is 15.2. The number of carbonyl (C=O) groups is 1. The second-order valence-electron chi connectivity index (χ2n) is 8.38. The maximum absolute atomic E-state index is 15.2. The lowest BCUT2D eigenvalue weighted by atomic mass is 10.0. The fraction of sp³-hybridized carbons (Fsp3) is 0.524. The highest BCUT2D eigenvalue weighted by Crippen LogP contribution is 2.40. The Labute approximate surface area is 175 Å². The number of hydrogen-bond donors (Lipinski definition) is 2. The number of nitrogens with one attached hydrogen (secondary N) is 1. The monoisotopic (exact) mass is 423 g/mol. The van der Waals surface area contributed by atoms with Gasteiger partial charge in [-0.25, -0.2) is 9.18 Å². The zero-order valence-electron chi connectivity index (χ0n) is 16.9. The van der Waals surface area contributed by atoms with Gasteiger partial charge in [0.2, 0.25) is 5.43 Å². The summed E-state index contributed by atoms with van der Waals surface area (Å²) in [6.45, 7) is 8.66. The number of halogens is 2. The van der Waals surface area contributed by atoms with Crippen LogP contribution in [0.2, 0.25) is 0 Å². The van der Waals surface area contributed by atoms with E-state index in [4.69, 9.17) is 0 Å². The van der Waals surface area contributed by atoms with E-state index in [1.807, 2.05) is 11.5 Å². The highest BCUT2D eigenvalue weighted by Gasteiger charge is 2.33. The molecule has 2 aliphatic rings. The number of benzene rings is 1. The van der Waals surface area contributed by atoms with Crippen LogP contribution >= 0.6 is 12.4 Å². The summed E-state index contributed by atoms with van der Waals surface area (Å²) in [5.74, 6) is -1.25. The van der Waals surface area contributed by atoms with Crippen molar-refractivity contribution in [1.82, 2.24) is 9.88 Å². The van der Waals surface area contributed by atoms with Gasteiger partial charge in [-0.15, -0.1) is 12.4 Å². The van der Waals surface area contributed by atoms with Crippen molar-refractivity contribution in [3.05, 3.63) is 39.4 Å². The number of aromatic nitrogens is 1. The van der Waals surface area contributed by atoms with E-state index in [1.54, 1.807) is 0 Å². The highest BCUT2D eigenvalue weighted by atomic mass is 35.5. The fourth-order valence-electron chi connectivity index (χ4n) is 4.59. The first-order chi connectivity index (χ1) is 13.3. The van der Waals surface area contributed by atoms with Crippen LogP contribution in [0.1, 0.15) is 49.2 Å². The predicted molar refractivity (Wildman–Crippen MR) is 114 cm³/mol. The lowest BCUT2D eigenvalue weighted by Crippen LogP contribution is -2.31. The van der Waals surface area contributed by atoms with E-state index < -0.39 is 17.2 Å². The van der Waals surface area contributed by atoms with Crippen LogP contribution in [0, 0.1) is 11.7 Å². The largest absolute Gasteiger partial charge is 0.477 e. The smallest absolute Gasteiger partial charge is 0.341 e. The Morgan fingerprint density at radius 1 is 1.41 bits per heavy atom. The van der Waals surface area contributed by atoms with Gasteiger partial charge in [0, 0.05) is 42.3 Å². The van der Waals surface area contributed by atoms with E-state index in [0.29, 0.717) is 29.6 Å². The van der Waals surface area contributed by atoms with E-state index in [9.17, 15) is 14.7 Å². The predicted octanol–water partition coefficient (Wildman–Crippen LogP) is 3.20. The van der Waals surface area contributed by atoms with Gasteiger partial charge in [0.25, 0.3) is 0 Å². The molecule has 2 aliphatic heterocycles. The first-order valence-corrected chi connectivity index (χ1v) is 9.89. The second-order valence-corrected chi connectivity index (χ2v) is 8.38. The Bertz CT molecular complexity index is 1020. The first-order valence-electron chi connectivity index (χ1n) is 9.89. The van der Waals surface area contributed by atoms with E-state index in [1.165, 1.54) is 12.3 Å². The van der Waals surface area contributed by atoms with Crippen molar-refractivity contribution in [2.24, 2.45) is 5.92 Å². The van der Waals surface area contributed by atoms with Gasteiger partial charge in [0.05, 0.1) is 11.2 Å². The highest BCUT2D eigenvalue weighted by molar-refractivity contribution is 5.96. The average molecular weight is 424 g/mol. The van der Waals surface area contributed by atoms with Crippen LogP contribution in [0.4, 0.5) is 10.1 Å². The molecular formula is C21H27ClFN3O3. The molecule has 4 rings (SSSR count). The van der Waals surface area contributed by atoms with Crippen molar-refractivity contribution in [2.75, 3.05) is 24.5 Å². The minimum absolute atomic E-state index is 0. The molecule has 1 saturated heterocycles. The average Bonchev–Trinajstić information content (AvgIpc) is 3.21. The topological polar surface area (TPSA) is 74.6 Å². The van der Waals surface area contributed by atoms with Crippen molar-refractivity contribution >= 4 is 35.0 Å². The second kappa shape index (κ2) is 7.95. The molecule has 0 bridgehead atoms. The molecule has 1 aromatic carbocycles. The molecule has 1 fully saturated rings. The number of hydrogen-bond acceptors (Lipinski definition) is 4. The molecular weight excluding hydrogens is 397 g/mol. The number of rotatable bonds is 5. The molecule has 2 unspecified atom stereocenters. The lowest BCUT2D eigenvalue weighted by molar-refractivity contribution is 0.0694. The third-order valence-electron chi connectivity index (χ3n) is 5.96. The molecule has 2 atom stereocenters. The van der Waals surface area contributed by atoms with Gasteiger partial charge >= 0.3 is 5.97 Å². The van der Waals surface area contributed by atoms with Crippen LogP contribution < -0.4 is 15.6 Å². The summed E-state index contributed by atoms with van der Waals surface area (Å²) >= 11 is 0. The van der Waals surface area contributed by atoms with Crippen LogP contribution in [-0.2, 0) is 6.42 Å². The summed E-state index contributed by atoms with van der Waals surface area (Å²) in [5.41, 5.74) is 1.18. The normalized spacial score (nSPS) is 20.5. The molecule has 0 saturated carbocycles. The van der Waals surface area contributed by atoms with Crippen LogP contribution in [0.15, 0.2) is 17.1 Å². The Morgan fingerprint density at radius 3 is 2.79 bits per heavy atom. The number of anilines is 1. The van der Waals surface area contributed by atoms with Gasteiger partial charge in [0.1, 0.15) is 11.4 Å². The van der Waals surface area contributed by atoms with Crippen molar-refractivity contribution in [3.8, 4) is 0 Å². The lowest BCUT2D eigenvalue weighted by Gasteiger charge is -2.23. The molecule has 2 aromatic rings. The summed E-state index contributed by atoms with van der Waals surface area (Å²) in [6.07, 6.45) is 3.00. The van der Waals surface area contributed by atoms with Gasteiger partial charge in [-0.1, -0.05) is 13.8 Å². The standard InChI is InChI=1S/C21H26FN3O3.ClH/c1-11(2)23-8-13-4-5-24(9-13)19-14-6-12(3)25-10-16(21(27)28)20(26)15(18(14)25)7-17(19)22;/h7,10-13,23H,4-6,8-9H2,1-3H3,(H,27,28);1H. The number of pyridine rings is 1. The van der Waals surface area contributed by atoms with Gasteiger partial charge in [-0.2, -0.15) is 0 Å². The molecule has 158 valence electrons. The number of carboxylic acid groups (broad SMARTS) is 1. The molecule has 0 amide bonds. The van der Waals surface area contributed by atoms with Crippen molar-refractivity contribution in [1.29, 1.82) is 0 Å². The van der Waals surface area contributed by atoms with E-state index in [-0.39, 0.29) is 29.4 Å². The third-order valence-corrected chi connectivity index (χ3v) is 5.96. The fourth-order valence-corrected chi connectivity index (χ4v) is 4.59. The van der Waals surface area contributed by atoms with Gasteiger partial charge < -0.3 is 19.9 Å². The van der Waals surface area contributed by atoms with Crippen molar-refractivity contribution < 1.29 is 14.3 Å². The molecule has 0 radical (unpaired) electrons. The molecule has 3 heterocycles. The van der Waals surface area contributed by atoms with Crippen LogP contribution in [0.25, 0.3) is 10.9 Å². The Morgan fingerprint density at radius 2 is 2.14 bits per heavy atom. The SMILES string of the molecule is CC(C)NCC1CCN(c2c(F)cc3c(=O)c(C(=O)O)cn4c3c2CC4C)C1.Cl. The Balaban J connectivity index is 0.00000240. The molecule has 1 aromatic heterocycles. The molecule has 8 heteroatoms. The molecule has 29 heavy (non-hydrogen) atoms. The van der Waals surface area contributed by atoms with Crippen molar-refractivity contribution in [2.45, 2.75) is 45.7 Å². The molecule has 2 N–H and O–H groups in total. The zero-order valence-corrected chi connectivity index (χ0v) is 17.7.